The fraction of sp³-hybridized carbons (Fsp3) is 0.227. The van der Waals surface area contributed by atoms with Crippen LogP contribution in [0.4, 0.5) is 5.82 Å². The van der Waals surface area contributed by atoms with Crippen molar-refractivity contribution in [2.45, 2.75) is 0 Å². The third-order valence-electron chi connectivity index (χ3n) is 5.86. The van der Waals surface area contributed by atoms with Gasteiger partial charge in [-0.15, -0.1) is 0 Å². The maximum Gasteiger partial charge on any atom is 0.155 e. The molecule has 1 aliphatic heterocycles. The molecule has 1 saturated heterocycles. The molecule has 0 radical (unpaired) electrons. The molecule has 31 heavy (non-hydrogen) atoms. The molecule has 0 saturated carbocycles. The Kier molecular flexibility index (Phi) is 4.13. The number of fused-ring (bicyclic) bond motifs is 2. The Labute approximate surface area is 178 Å². The Bertz CT molecular complexity index is 1360. The van der Waals surface area contributed by atoms with Crippen molar-refractivity contribution in [1.82, 2.24) is 40.0 Å². The molecule has 6 rings (SSSR count). The fourth-order valence-electron chi connectivity index (χ4n) is 4.13. The van der Waals surface area contributed by atoms with Crippen molar-refractivity contribution in [3.63, 3.8) is 0 Å². The van der Waals surface area contributed by atoms with Crippen LogP contribution in [0, 0.1) is 0 Å². The average Bonchev–Trinajstić information content (AvgIpc) is 3.43. The zero-order chi connectivity index (χ0) is 20.8. The predicted molar refractivity (Wildman–Crippen MR) is 120 cm³/mol. The second kappa shape index (κ2) is 7.13. The molecule has 0 bridgehead atoms. The highest BCUT2D eigenvalue weighted by Crippen LogP contribution is 2.33. The molecule has 9 heteroatoms. The van der Waals surface area contributed by atoms with Crippen molar-refractivity contribution < 1.29 is 0 Å². The van der Waals surface area contributed by atoms with Crippen LogP contribution < -0.4 is 4.90 Å². The molecule has 5 aromatic heterocycles. The molecule has 0 aromatic carbocycles. The second-order valence-corrected chi connectivity index (χ2v) is 7.85. The van der Waals surface area contributed by atoms with Crippen LogP contribution >= 0.6 is 0 Å². The lowest BCUT2D eigenvalue weighted by Gasteiger charge is -2.33. The smallest absolute Gasteiger partial charge is 0.155 e. The van der Waals surface area contributed by atoms with Gasteiger partial charge in [0.15, 0.2) is 5.65 Å². The number of hydrogen-bond acceptors (Lipinski definition) is 7. The Morgan fingerprint density at radius 1 is 0.903 bits per heavy atom. The largest absolute Gasteiger partial charge is 0.353 e. The van der Waals surface area contributed by atoms with E-state index in [2.05, 4.69) is 59.1 Å². The summed E-state index contributed by atoms with van der Waals surface area (Å²) in [4.78, 5) is 26.0. The molecule has 154 valence electrons. The van der Waals surface area contributed by atoms with Crippen LogP contribution in [0.25, 0.3) is 44.6 Å². The van der Waals surface area contributed by atoms with E-state index in [0.717, 1.165) is 76.6 Å². The van der Waals surface area contributed by atoms with E-state index in [1.165, 1.54) is 0 Å². The zero-order valence-corrected chi connectivity index (χ0v) is 17.1. The number of nitrogens with zero attached hydrogens (tertiary/aromatic N) is 7. The molecule has 0 aliphatic carbocycles. The molecule has 0 atom stereocenters. The quantitative estimate of drug-likeness (QED) is 0.471. The number of pyridine rings is 2. The number of rotatable bonds is 3. The number of nitrogens with one attached hydrogen (secondary N) is 2. The van der Waals surface area contributed by atoms with Crippen LogP contribution in [0.1, 0.15) is 0 Å². The van der Waals surface area contributed by atoms with E-state index in [1.807, 2.05) is 12.3 Å². The summed E-state index contributed by atoms with van der Waals surface area (Å²) in [5.41, 5.74) is 5.23. The molecule has 6 heterocycles. The SMILES string of the molecule is CN1CCN(c2nccc3[nH]c(-c4n[nH]c5ncc(-c6cnccn6)cc45)cc23)CC1. The minimum Gasteiger partial charge on any atom is -0.353 e. The van der Waals surface area contributed by atoms with Gasteiger partial charge >= 0.3 is 0 Å². The summed E-state index contributed by atoms with van der Waals surface area (Å²) in [5.74, 6) is 1.02. The van der Waals surface area contributed by atoms with Crippen LogP contribution in [-0.4, -0.2) is 73.2 Å². The van der Waals surface area contributed by atoms with Crippen LogP contribution in [0.3, 0.4) is 0 Å². The number of likely N-dealkylation sites (N-methyl/N-ethyl adjacent to an activating group) is 1. The molecule has 0 amide bonds. The minimum absolute atomic E-state index is 0.735. The minimum atomic E-state index is 0.735. The Morgan fingerprint density at radius 2 is 1.81 bits per heavy atom. The van der Waals surface area contributed by atoms with E-state index in [9.17, 15) is 0 Å². The lowest BCUT2D eigenvalue weighted by molar-refractivity contribution is 0.312. The maximum atomic E-state index is 4.70. The van der Waals surface area contributed by atoms with Crippen molar-refractivity contribution in [2.24, 2.45) is 0 Å². The highest BCUT2D eigenvalue weighted by atomic mass is 15.3. The van der Waals surface area contributed by atoms with Crippen LogP contribution in [0.5, 0.6) is 0 Å². The first-order chi connectivity index (χ1) is 15.3. The van der Waals surface area contributed by atoms with Gasteiger partial charge < -0.3 is 14.8 Å². The fourth-order valence-corrected chi connectivity index (χ4v) is 4.13. The maximum absolute atomic E-state index is 4.70. The third kappa shape index (κ3) is 3.10. The first kappa shape index (κ1) is 18.0. The van der Waals surface area contributed by atoms with Gasteiger partial charge in [0, 0.05) is 67.3 Å². The molecule has 1 fully saturated rings. The summed E-state index contributed by atoms with van der Waals surface area (Å²) in [6.45, 7) is 4.02. The van der Waals surface area contributed by atoms with E-state index in [1.54, 1.807) is 24.8 Å². The zero-order valence-electron chi connectivity index (χ0n) is 17.1. The summed E-state index contributed by atoms with van der Waals surface area (Å²) in [6.07, 6.45) is 8.73. The first-order valence-electron chi connectivity index (χ1n) is 10.3. The van der Waals surface area contributed by atoms with Crippen LogP contribution in [0.15, 0.2) is 49.2 Å². The second-order valence-electron chi connectivity index (χ2n) is 7.85. The standard InChI is InChI=1S/C22H21N9/c1-30-6-8-31(9-7-30)22-15-11-18(27-17(15)2-3-25-22)20-16-10-14(12-26-21(16)29-28-20)19-13-23-4-5-24-19/h2-5,10-13,27H,6-9H2,1H3,(H,26,28,29). The molecule has 9 nitrogen and oxygen atoms in total. The van der Waals surface area contributed by atoms with Crippen molar-refractivity contribution in [1.29, 1.82) is 0 Å². The topological polar surface area (TPSA) is 103 Å². The highest BCUT2D eigenvalue weighted by molar-refractivity contribution is 5.98. The van der Waals surface area contributed by atoms with E-state index >= 15 is 0 Å². The third-order valence-corrected chi connectivity index (χ3v) is 5.86. The van der Waals surface area contributed by atoms with Gasteiger partial charge in [0.1, 0.15) is 11.5 Å². The monoisotopic (exact) mass is 411 g/mol. The molecule has 0 unspecified atom stereocenters. The molecule has 0 spiro atoms. The number of H-pyrrole nitrogens is 2. The summed E-state index contributed by atoms with van der Waals surface area (Å²) in [6, 6.07) is 6.20. The van der Waals surface area contributed by atoms with Gasteiger partial charge in [0.2, 0.25) is 0 Å². The van der Waals surface area contributed by atoms with Gasteiger partial charge in [0.25, 0.3) is 0 Å². The molecule has 2 N–H and O–H groups in total. The van der Waals surface area contributed by atoms with E-state index in [4.69, 9.17) is 4.98 Å². The summed E-state index contributed by atoms with van der Waals surface area (Å²) < 4.78 is 0. The van der Waals surface area contributed by atoms with Gasteiger partial charge in [0.05, 0.1) is 23.1 Å². The van der Waals surface area contributed by atoms with Crippen molar-refractivity contribution in [3.8, 4) is 22.6 Å². The van der Waals surface area contributed by atoms with Crippen molar-refractivity contribution >= 4 is 27.8 Å². The molecular formula is C22H21N9. The normalized spacial score (nSPS) is 15.2. The van der Waals surface area contributed by atoms with Gasteiger partial charge in [-0.3, -0.25) is 15.1 Å². The summed E-state index contributed by atoms with van der Waals surface area (Å²) >= 11 is 0. The van der Waals surface area contributed by atoms with Gasteiger partial charge in [-0.2, -0.15) is 5.10 Å². The number of anilines is 1. The number of hydrogen-bond donors (Lipinski definition) is 2. The Balaban J connectivity index is 1.44. The van der Waals surface area contributed by atoms with Crippen LogP contribution in [-0.2, 0) is 0 Å². The van der Waals surface area contributed by atoms with Gasteiger partial charge in [-0.05, 0) is 25.2 Å². The lowest BCUT2D eigenvalue weighted by Crippen LogP contribution is -2.44. The predicted octanol–water partition coefficient (Wildman–Crippen LogP) is 2.71. The van der Waals surface area contributed by atoms with Crippen molar-refractivity contribution in [3.05, 3.63) is 49.2 Å². The highest BCUT2D eigenvalue weighted by Gasteiger charge is 2.20. The lowest BCUT2D eigenvalue weighted by atomic mass is 10.1. The van der Waals surface area contributed by atoms with E-state index < -0.39 is 0 Å². The van der Waals surface area contributed by atoms with E-state index in [-0.39, 0.29) is 0 Å². The number of aromatic nitrogens is 7. The van der Waals surface area contributed by atoms with Crippen LogP contribution in [0.2, 0.25) is 0 Å². The molecule has 5 aromatic rings. The summed E-state index contributed by atoms with van der Waals surface area (Å²) in [7, 11) is 2.16. The average molecular weight is 411 g/mol. The first-order valence-corrected chi connectivity index (χ1v) is 10.3. The van der Waals surface area contributed by atoms with Gasteiger partial charge in [-0.25, -0.2) is 9.97 Å². The molecular weight excluding hydrogens is 390 g/mol. The van der Waals surface area contributed by atoms with Crippen molar-refractivity contribution in [2.75, 3.05) is 38.1 Å². The summed E-state index contributed by atoms with van der Waals surface area (Å²) in [5, 5.41) is 9.64. The number of piperazine rings is 1. The Morgan fingerprint density at radius 3 is 2.65 bits per heavy atom. The molecule has 1 aliphatic rings. The van der Waals surface area contributed by atoms with Gasteiger partial charge in [-0.1, -0.05) is 0 Å². The number of aromatic amines is 2. The van der Waals surface area contributed by atoms with E-state index in [0.29, 0.717) is 0 Å². The Hall–Kier alpha value is -3.85.